The molecular weight excluding hydrogens is 124 g/mol. The quantitative estimate of drug-likeness (QED) is 0.453. The Bertz CT molecular complexity index is 49.5. The van der Waals surface area contributed by atoms with Crippen LogP contribution in [0.1, 0.15) is 0 Å². The Hall–Kier alpha value is -0.0200. The maximum absolute atomic E-state index is 4.69. The maximum atomic E-state index is 4.69. The zero-order chi connectivity index (χ0) is 4.99. The zero-order valence-electron chi connectivity index (χ0n) is 3.10. The third kappa shape index (κ3) is 2.23. The molecule has 0 aliphatic heterocycles. The Morgan fingerprint density at radius 2 is 2.33 bits per heavy atom. The molecule has 4 heteroatoms. The second kappa shape index (κ2) is 3.18. The van der Waals surface area contributed by atoms with Gasteiger partial charge in [-0.3, -0.25) is 0 Å². The fourth-order valence-corrected chi connectivity index (χ4v) is 0.0945. The van der Waals surface area contributed by atoms with Gasteiger partial charge in [0.1, 0.15) is 11.9 Å². The van der Waals surface area contributed by atoms with Gasteiger partial charge in [0.25, 0.3) is 0 Å². The summed E-state index contributed by atoms with van der Waals surface area (Å²) >= 11 is 8.97. The molecule has 0 aliphatic rings. The summed E-state index contributed by atoms with van der Waals surface area (Å²) in [6.07, 6.45) is 0. The van der Waals surface area contributed by atoms with Gasteiger partial charge < -0.3 is 9.03 Å². The molecule has 6 heavy (non-hydrogen) atoms. The van der Waals surface area contributed by atoms with Crippen LogP contribution in [0.4, 0.5) is 0 Å². The van der Waals surface area contributed by atoms with Crippen LogP contribution in [0.5, 0.6) is 0 Å². The molecule has 0 aliphatic carbocycles. The Balaban J connectivity index is 2.99. The Morgan fingerprint density at radius 3 is 2.33 bits per heavy atom. The lowest BCUT2D eigenvalue weighted by Gasteiger charge is -1.90. The number of hydrogen-bond donors (Lipinski definition) is 0. The summed E-state index contributed by atoms with van der Waals surface area (Å²) in [6.45, 7) is 0. The molecule has 0 unspecified atom stereocenters. The average Bonchev–Trinajstić information content (AvgIpc) is 1.65. The summed E-state index contributed by atoms with van der Waals surface area (Å²) in [6, 6.07) is 0. The fourth-order valence-electron chi connectivity index (χ4n) is 0.0315. The largest absolute Gasteiger partial charge is 0.459 e. The van der Waals surface area contributed by atoms with E-state index in [1.54, 1.807) is 0 Å². The van der Waals surface area contributed by atoms with Gasteiger partial charge in [-0.05, 0) is 0 Å². The van der Waals surface area contributed by atoms with Crippen LogP contribution < -0.4 is 0 Å². The Kier molecular flexibility index (Phi) is 3.17. The molecule has 0 atom stereocenters. The van der Waals surface area contributed by atoms with E-state index in [1.807, 2.05) is 0 Å². The highest BCUT2D eigenvalue weighted by atomic mass is 35.5. The third-order valence-electron chi connectivity index (χ3n) is 0.230. The molecule has 0 aromatic carbocycles. The van der Waals surface area contributed by atoms with Crippen LogP contribution in [0.3, 0.4) is 0 Å². The van der Waals surface area contributed by atoms with Crippen molar-refractivity contribution >= 4 is 29.3 Å². The van der Waals surface area contributed by atoms with Crippen LogP contribution in [-0.2, 0) is 9.03 Å². The standard InChI is InChI=1S/C2H3ClO2S/c1-4-2(6)5-3/h1H3. The van der Waals surface area contributed by atoms with Crippen molar-refractivity contribution < 1.29 is 9.03 Å². The van der Waals surface area contributed by atoms with Gasteiger partial charge in [0, 0.05) is 12.2 Å². The normalized spacial score (nSPS) is 7.00. The van der Waals surface area contributed by atoms with E-state index in [2.05, 4.69) is 33.1 Å². The molecule has 2 nitrogen and oxygen atoms in total. The van der Waals surface area contributed by atoms with E-state index < -0.39 is 0 Å². The van der Waals surface area contributed by atoms with E-state index in [0.29, 0.717) is 0 Å². The lowest BCUT2D eigenvalue weighted by atomic mass is 11.4. The SMILES string of the molecule is COC(=S)OCl. The highest BCUT2D eigenvalue weighted by Gasteiger charge is 1.85. The molecule has 0 bridgehead atoms. The van der Waals surface area contributed by atoms with Crippen molar-refractivity contribution in [2.75, 3.05) is 7.11 Å². The first-order chi connectivity index (χ1) is 2.81. The molecule has 0 saturated heterocycles. The number of thiocarbonyl (C=S) groups is 1. The minimum Gasteiger partial charge on any atom is -0.459 e. The van der Waals surface area contributed by atoms with E-state index >= 15 is 0 Å². The zero-order valence-corrected chi connectivity index (χ0v) is 4.68. The van der Waals surface area contributed by atoms with Crippen molar-refractivity contribution in [3.05, 3.63) is 0 Å². The second-order valence-corrected chi connectivity index (χ2v) is 1.02. The summed E-state index contributed by atoms with van der Waals surface area (Å²) < 4.78 is 8.16. The fraction of sp³-hybridized carbons (Fsp3) is 0.500. The molecule has 36 valence electrons. The summed E-state index contributed by atoms with van der Waals surface area (Å²) in [7, 11) is 1.38. The first kappa shape index (κ1) is 5.98. The molecule has 0 fully saturated rings. The molecule has 0 heterocycles. The van der Waals surface area contributed by atoms with E-state index in [0.717, 1.165) is 0 Å². The predicted molar refractivity (Wildman–Crippen MR) is 26.5 cm³/mol. The highest BCUT2D eigenvalue weighted by molar-refractivity contribution is 7.79. The molecule has 0 N–H and O–H groups in total. The summed E-state index contributed by atoms with van der Waals surface area (Å²) in [5, 5.41) is -0.0586. The molecular formula is C2H3ClO2S. The van der Waals surface area contributed by atoms with Gasteiger partial charge in [0.2, 0.25) is 0 Å². The van der Waals surface area contributed by atoms with Crippen molar-refractivity contribution in [3.8, 4) is 0 Å². The summed E-state index contributed by atoms with van der Waals surface area (Å²) in [4.78, 5) is 0. The molecule has 0 rings (SSSR count). The second-order valence-electron chi connectivity index (χ2n) is 0.531. The van der Waals surface area contributed by atoms with Crippen LogP contribution in [0.2, 0.25) is 0 Å². The van der Waals surface area contributed by atoms with Gasteiger partial charge in [0.05, 0.1) is 7.11 Å². The molecule has 0 saturated carbocycles. The lowest BCUT2D eigenvalue weighted by Crippen LogP contribution is -1.93. The number of halogens is 1. The summed E-state index contributed by atoms with van der Waals surface area (Å²) in [5.74, 6) is 0. The first-order valence-electron chi connectivity index (χ1n) is 1.17. The van der Waals surface area contributed by atoms with Crippen LogP contribution >= 0.6 is 24.1 Å². The van der Waals surface area contributed by atoms with Crippen molar-refractivity contribution in [1.29, 1.82) is 0 Å². The average molecular weight is 127 g/mol. The van der Waals surface area contributed by atoms with Gasteiger partial charge in [-0.25, -0.2) is 0 Å². The highest BCUT2D eigenvalue weighted by Crippen LogP contribution is 1.83. The molecule has 0 amide bonds. The number of hydrogen-bond acceptors (Lipinski definition) is 3. The van der Waals surface area contributed by atoms with Gasteiger partial charge in [-0.1, -0.05) is 0 Å². The molecule has 0 aromatic heterocycles. The topological polar surface area (TPSA) is 18.5 Å². The molecule has 0 radical (unpaired) electrons. The third-order valence-corrected chi connectivity index (χ3v) is 0.711. The minimum atomic E-state index is -0.0586. The van der Waals surface area contributed by atoms with E-state index in [4.69, 9.17) is 0 Å². The Morgan fingerprint density at radius 1 is 1.83 bits per heavy atom. The van der Waals surface area contributed by atoms with Crippen LogP contribution in [0, 0.1) is 0 Å². The number of ether oxygens (including phenoxy) is 1. The van der Waals surface area contributed by atoms with Crippen molar-refractivity contribution in [3.63, 3.8) is 0 Å². The summed E-state index contributed by atoms with van der Waals surface area (Å²) in [5.41, 5.74) is 0. The van der Waals surface area contributed by atoms with Crippen LogP contribution in [0.15, 0.2) is 0 Å². The van der Waals surface area contributed by atoms with E-state index in [-0.39, 0.29) is 5.24 Å². The number of methoxy groups -OCH3 is 1. The first-order valence-corrected chi connectivity index (χ1v) is 1.89. The monoisotopic (exact) mass is 126 g/mol. The number of rotatable bonds is 0. The molecule has 0 aromatic rings. The predicted octanol–water partition coefficient (Wildman–Crippen LogP) is 1.09. The van der Waals surface area contributed by atoms with Crippen LogP contribution in [-0.4, -0.2) is 12.3 Å². The van der Waals surface area contributed by atoms with Gasteiger partial charge >= 0.3 is 5.24 Å². The Labute approximate surface area is 46.2 Å². The lowest BCUT2D eigenvalue weighted by molar-refractivity contribution is 0.327. The maximum Gasteiger partial charge on any atom is 0.370 e. The van der Waals surface area contributed by atoms with Crippen LogP contribution in [0.25, 0.3) is 0 Å². The smallest absolute Gasteiger partial charge is 0.370 e. The molecule has 0 spiro atoms. The van der Waals surface area contributed by atoms with Gasteiger partial charge in [0.15, 0.2) is 0 Å². The van der Waals surface area contributed by atoms with E-state index in [1.165, 1.54) is 7.11 Å². The van der Waals surface area contributed by atoms with Crippen molar-refractivity contribution in [1.82, 2.24) is 0 Å². The van der Waals surface area contributed by atoms with Gasteiger partial charge in [-0.2, -0.15) is 0 Å². The van der Waals surface area contributed by atoms with Crippen molar-refractivity contribution in [2.45, 2.75) is 0 Å². The van der Waals surface area contributed by atoms with Crippen molar-refractivity contribution in [2.24, 2.45) is 0 Å². The van der Waals surface area contributed by atoms with Gasteiger partial charge in [-0.15, -0.1) is 0 Å². The minimum absolute atomic E-state index is 0.0586. The van der Waals surface area contributed by atoms with E-state index in [9.17, 15) is 0 Å².